The van der Waals surface area contributed by atoms with Crippen LogP contribution in [-0.4, -0.2) is 48.4 Å². The lowest BCUT2D eigenvalue weighted by Gasteiger charge is -2.43. The molecule has 1 atom stereocenters. The fraction of sp³-hybridized carbons (Fsp3) is 0.692. The van der Waals surface area contributed by atoms with Crippen molar-refractivity contribution in [2.75, 3.05) is 31.6 Å². The van der Waals surface area contributed by atoms with Crippen molar-refractivity contribution in [3.8, 4) is 5.88 Å². The summed E-state index contributed by atoms with van der Waals surface area (Å²) in [6, 6.07) is 0. The molecule has 2 N–H and O–H groups in total. The Bertz CT molecular complexity index is 450. The highest BCUT2D eigenvalue weighted by atomic mass is 16.5. The Balaban J connectivity index is 2.30. The largest absolute Gasteiger partial charge is 0.481 e. The van der Waals surface area contributed by atoms with E-state index < -0.39 is 0 Å². The molecule has 19 heavy (non-hydrogen) atoms. The molecule has 1 saturated heterocycles. The molecule has 6 heteroatoms. The first-order valence-electron chi connectivity index (χ1n) is 6.45. The fourth-order valence-electron chi connectivity index (χ4n) is 2.53. The zero-order valence-corrected chi connectivity index (χ0v) is 12.0. The molecule has 1 aliphatic rings. The maximum atomic E-state index is 5.93. The van der Waals surface area contributed by atoms with Gasteiger partial charge in [0.2, 0.25) is 5.88 Å². The molecule has 0 radical (unpaired) electrons. The van der Waals surface area contributed by atoms with E-state index >= 15 is 0 Å². The molecule has 106 valence electrons. The lowest BCUT2D eigenvalue weighted by atomic mass is 10.0. The standard InChI is InChI=1S/C13H22N4O2/c1-9-11(15-8-16-12(9)18-4)17-6-10(5-14)19-13(2,3)7-17/h8,10H,5-7,14H2,1-4H3. The highest BCUT2D eigenvalue weighted by Gasteiger charge is 2.34. The van der Waals surface area contributed by atoms with Crippen molar-refractivity contribution in [1.82, 2.24) is 9.97 Å². The third kappa shape index (κ3) is 2.96. The van der Waals surface area contributed by atoms with Crippen LogP contribution < -0.4 is 15.4 Å². The van der Waals surface area contributed by atoms with E-state index in [1.54, 1.807) is 7.11 Å². The predicted octanol–water partition coefficient (Wildman–Crippen LogP) is 0.736. The second kappa shape index (κ2) is 5.30. The first kappa shape index (κ1) is 14.0. The number of morpholine rings is 1. The molecule has 1 aliphatic heterocycles. The highest BCUT2D eigenvalue weighted by Crippen LogP contribution is 2.29. The molecule has 0 aromatic carbocycles. The minimum absolute atomic E-state index is 0.0177. The number of ether oxygens (including phenoxy) is 2. The molecule has 1 aromatic rings. The lowest BCUT2D eigenvalue weighted by Crippen LogP contribution is -2.55. The molecule has 1 fully saturated rings. The van der Waals surface area contributed by atoms with Crippen molar-refractivity contribution in [3.63, 3.8) is 0 Å². The maximum absolute atomic E-state index is 5.93. The summed E-state index contributed by atoms with van der Waals surface area (Å²) in [6.45, 7) is 8.10. The molecule has 0 saturated carbocycles. The van der Waals surface area contributed by atoms with Crippen LogP contribution in [0.25, 0.3) is 0 Å². The summed E-state index contributed by atoms with van der Waals surface area (Å²) in [5.41, 5.74) is 6.45. The zero-order chi connectivity index (χ0) is 14.0. The molecule has 0 amide bonds. The Labute approximate surface area is 113 Å². The monoisotopic (exact) mass is 266 g/mol. The average molecular weight is 266 g/mol. The Morgan fingerprint density at radius 3 is 2.89 bits per heavy atom. The average Bonchev–Trinajstić information content (AvgIpc) is 2.37. The molecule has 0 spiro atoms. The fourth-order valence-corrected chi connectivity index (χ4v) is 2.53. The molecular formula is C13H22N4O2. The molecule has 1 unspecified atom stereocenters. The van der Waals surface area contributed by atoms with Crippen molar-refractivity contribution in [1.29, 1.82) is 0 Å². The Kier molecular flexibility index (Phi) is 3.91. The van der Waals surface area contributed by atoms with E-state index in [1.807, 2.05) is 6.92 Å². The van der Waals surface area contributed by atoms with Crippen LogP contribution in [0.15, 0.2) is 6.33 Å². The van der Waals surface area contributed by atoms with Gasteiger partial charge in [-0.05, 0) is 20.8 Å². The molecule has 2 rings (SSSR count). The number of nitrogens with zero attached hydrogens (tertiary/aromatic N) is 3. The van der Waals surface area contributed by atoms with Gasteiger partial charge in [-0.15, -0.1) is 0 Å². The number of rotatable bonds is 3. The number of hydrogen-bond donors (Lipinski definition) is 1. The van der Waals surface area contributed by atoms with Crippen LogP contribution in [0.4, 0.5) is 5.82 Å². The van der Waals surface area contributed by atoms with Gasteiger partial charge in [-0.3, -0.25) is 0 Å². The molecule has 1 aromatic heterocycles. The highest BCUT2D eigenvalue weighted by molar-refractivity contribution is 5.50. The van der Waals surface area contributed by atoms with Crippen LogP contribution in [0, 0.1) is 6.92 Å². The predicted molar refractivity (Wildman–Crippen MR) is 73.5 cm³/mol. The quantitative estimate of drug-likeness (QED) is 0.869. The summed E-state index contributed by atoms with van der Waals surface area (Å²) in [4.78, 5) is 10.7. The van der Waals surface area contributed by atoms with E-state index in [9.17, 15) is 0 Å². The SMILES string of the molecule is COc1ncnc(N2CC(CN)OC(C)(C)C2)c1C. The molecule has 0 bridgehead atoms. The molecule has 6 nitrogen and oxygen atoms in total. The van der Waals surface area contributed by atoms with Crippen molar-refractivity contribution >= 4 is 5.82 Å². The van der Waals surface area contributed by atoms with Crippen LogP contribution in [0.2, 0.25) is 0 Å². The second-order valence-electron chi connectivity index (χ2n) is 5.45. The topological polar surface area (TPSA) is 73.5 Å². The lowest BCUT2D eigenvalue weighted by molar-refractivity contribution is -0.0790. The summed E-state index contributed by atoms with van der Waals surface area (Å²) in [6.07, 6.45) is 1.55. The van der Waals surface area contributed by atoms with Gasteiger partial charge in [-0.2, -0.15) is 0 Å². The molecular weight excluding hydrogens is 244 g/mol. The van der Waals surface area contributed by atoms with Gasteiger partial charge in [-0.25, -0.2) is 9.97 Å². The van der Waals surface area contributed by atoms with Gasteiger partial charge >= 0.3 is 0 Å². The van der Waals surface area contributed by atoms with Crippen LogP contribution in [0.5, 0.6) is 5.88 Å². The third-order valence-corrected chi connectivity index (χ3v) is 3.25. The van der Waals surface area contributed by atoms with Crippen molar-refractivity contribution in [2.45, 2.75) is 32.5 Å². The van der Waals surface area contributed by atoms with E-state index in [0.717, 1.165) is 24.5 Å². The Hall–Kier alpha value is -1.40. The number of nitrogens with two attached hydrogens (primary N) is 1. The summed E-state index contributed by atoms with van der Waals surface area (Å²) in [7, 11) is 1.62. The van der Waals surface area contributed by atoms with Crippen LogP contribution in [0.1, 0.15) is 19.4 Å². The number of anilines is 1. The van der Waals surface area contributed by atoms with Crippen LogP contribution >= 0.6 is 0 Å². The Morgan fingerprint density at radius 2 is 2.26 bits per heavy atom. The molecule has 2 heterocycles. The number of aromatic nitrogens is 2. The summed E-state index contributed by atoms with van der Waals surface area (Å²) < 4.78 is 11.2. The van der Waals surface area contributed by atoms with Gasteiger partial charge in [0.1, 0.15) is 12.1 Å². The Morgan fingerprint density at radius 1 is 1.53 bits per heavy atom. The summed E-state index contributed by atoms with van der Waals surface area (Å²) >= 11 is 0. The van der Waals surface area contributed by atoms with E-state index in [-0.39, 0.29) is 11.7 Å². The van der Waals surface area contributed by atoms with Crippen LogP contribution in [-0.2, 0) is 4.74 Å². The van der Waals surface area contributed by atoms with Crippen molar-refractivity contribution < 1.29 is 9.47 Å². The minimum Gasteiger partial charge on any atom is -0.481 e. The summed E-state index contributed by atoms with van der Waals surface area (Å²) in [5.74, 6) is 1.50. The van der Waals surface area contributed by atoms with Gasteiger partial charge in [0.05, 0.1) is 24.4 Å². The smallest absolute Gasteiger partial charge is 0.221 e. The van der Waals surface area contributed by atoms with E-state index in [0.29, 0.717) is 12.4 Å². The van der Waals surface area contributed by atoms with E-state index in [1.165, 1.54) is 6.33 Å². The minimum atomic E-state index is -0.243. The van der Waals surface area contributed by atoms with E-state index in [2.05, 4.69) is 28.7 Å². The molecule has 0 aliphatic carbocycles. The third-order valence-electron chi connectivity index (χ3n) is 3.25. The first-order chi connectivity index (χ1) is 8.96. The van der Waals surface area contributed by atoms with Crippen molar-refractivity contribution in [3.05, 3.63) is 11.9 Å². The normalized spacial score (nSPS) is 22.4. The van der Waals surface area contributed by atoms with Gasteiger partial charge in [0, 0.05) is 19.6 Å². The van der Waals surface area contributed by atoms with Gasteiger partial charge in [-0.1, -0.05) is 0 Å². The van der Waals surface area contributed by atoms with Crippen LogP contribution in [0.3, 0.4) is 0 Å². The summed E-state index contributed by atoms with van der Waals surface area (Å²) in [5, 5.41) is 0. The first-order valence-corrected chi connectivity index (χ1v) is 6.45. The van der Waals surface area contributed by atoms with Crippen molar-refractivity contribution in [2.24, 2.45) is 5.73 Å². The second-order valence-corrected chi connectivity index (χ2v) is 5.45. The number of hydrogen-bond acceptors (Lipinski definition) is 6. The zero-order valence-electron chi connectivity index (χ0n) is 12.0. The number of methoxy groups -OCH3 is 1. The van der Waals surface area contributed by atoms with Gasteiger partial charge in [0.25, 0.3) is 0 Å². The van der Waals surface area contributed by atoms with Gasteiger partial charge < -0.3 is 20.1 Å². The maximum Gasteiger partial charge on any atom is 0.221 e. The van der Waals surface area contributed by atoms with E-state index in [4.69, 9.17) is 15.2 Å². The van der Waals surface area contributed by atoms with Gasteiger partial charge in [0.15, 0.2) is 0 Å².